The number of benzene rings is 1. The highest BCUT2D eigenvalue weighted by Crippen LogP contribution is 2.27. The van der Waals surface area contributed by atoms with Gasteiger partial charge in [0.1, 0.15) is 0 Å². The van der Waals surface area contributed by atoms with E-state index in [2.05, 4.69) is 10.6 Å². The van der Waals surface area contributed by atoms with Crippen LogP contribution in [0.5, 0.6) is 0 Å². The molecule has 23 heavy (non-hydrogen) atoms. The van der Waals surface area contributed by atoms with Crippen molar-refractivity contribution in [2.24, 2.45) is 5.92 Å². The van der Waals surface area contributed by atoms with Crippen LogP contribution in [0.4, 0.5) is 11.4 Å². The number of anilines is 2. The zero-order valence-electron chi connectivity index (χ0n) is 12.8. The average molecular weight is 308 g/mol. The second-order valence-corrected chi connectivity index (χ2v) is 5.84. The van der Waals surface area contributed by atoms with E-state index >= 15 is 0 Å². The van der Waals surface area contributed by atoms with E-state index in [4.69, 9.17) is 11.1 Å². The zero-order valence-corrected chi connectivity index (χ0v) is 12.8. The van der Waals surface area contributed by atoms with Gasteiger partial charge in [-0.2, -0.15) is 0 Å². The topological polar surface area (TPSA) is 91.0 Å². The summed E-state index contributed by atoms with van der Waals surface area (Å²) in [6.45, 7) is 0.927. The number of allylic oxidation sites excluding steroid dienone is 3. The Morgan fingerprint density at radius 3 is 2.83 bits per heavy atom. The number of hydrogen-bond donors (Lipinski definition) is 4. The first-order valence-electron chi connectivity index (χ1n) is 7.71. The monoisotopic (exact) mass is 308 g/mol. The molecule has 0 saturated heterocycles. The minimum Gasteiger partial charge on any atom is -0.397 e. The molecular weight excluding hydrogens is 288 g/mol. The first-order valence-corrected chi connectivity index (χ1v) is 7.71. The van der Waals surface area contributed by atoms with Crippen LogP contribution in [0.2, 0.25) is 0 Å². The van der Waals surface area contributed by atoms with Crippen molar-refractivity contribution in [2.45, 2.75) is 12.8 Å². The van der Waals surface area contributed by atoms with E-state index in [0.29, 0.717) is 28.2 Å². The van der Waals surface area contributed by atoms with Crippen molar-refractivity contribution in [3.8, 4) is 0 Å². The predicted octanol–water partition coefficient (Wildman–Crippen LogP) is 2.61. The molecule has 5 nitrogen and oxygen atoms in total. The molecule has 0 bridgehead atoms. The zero-order chi connectivity index (χ0) is 16.2. The summed E-state index contributed by atoms with van der Waals surface area (Å²) in [4.78, 5) is 12.4. The number of carbonyl (C=O) groups is 1. The molecule has 1 saturated carbocycles. The molecule has 5 heteroatoms. The standard InChI is InChI=1S/C18H20N4O/c19-15-8-7-13(9-14(15)11-21-10-12-5-6-12)18(23)22-17-4-2-1-3-16(17)20/h1-4,7-9,11-12,19,21H,5-6,10,20H2,(H,22,23)/b14-11-,19-15?. The Morgan fingerprint density at radius 1 is 1.30 bits per heavy atom. The van der Waals surface area contributed by atoms with Crippen molar-refractivity contribution >= 4 is 23.0 Å². The van der Waals surface area contributed by atoms with Crippen LogP contribution in [0.1, 0.15) is 12.8 Å². The highest BCUT2D eigenvalue weighted by atomic mass is 16.1. The lowest BCUT2D eigenvalue weighted by Gasteiger charge is -2.13. The summed E-state index contributed by atoms with van der Waals surface area (Å²) in [5.74, 6) is 0.521. The first-order chi connectivity index (χ1) is 11.1. The fourth-order valence-electron chi connectivity index (χ4n) is 2.29. The second-order valence-electron chi connectivity index (χ2n) is 5.84. The lowest BCUT2D eigenvalue weighted by atomic mass is 10.00. The summed E-state index contributed by atoms with van der Waals surface area (Å²) < 4.78 is 0. The molecule has 5 N–H and O–H groups in total. The maximum absolute atomic E-state index is 12.4. The Morgan fingerprint density at radius 2 is 2.09 bits per heavy atom. The number of carbonyl (C=O) groups excluding carboxylic acids is 1. The summed E-state index contributed by atoms with van der Waals surface area (Å²) in [6.07, 6.45) is 9.36. The van der Waals surface area contributed by atoms with Gasteiger partial charge in [-0.05, 0) is 49.1 Å². The normalized spacial score (nSPS) is 18.7. The van der Waals surface area contributed by atoms with Crippen LogP contribution in [0.15, 0.2) is 59.8 Å². The third kappa shape index (κ3) is 3.88. The van der Waals surface area contributed by atoms with E-state index < -0.39 is 0 Å². The molecule has 0 aliphatic heterocycles. The van der Waals surface area contributed by atoms with Crippen molar-refractivity contribution in [1.82, 2.24) is 5.32 Å². The Hall–Kier alpha value is -2.82. The van der Waals surface area contributed by atoms with E-state index in [-0.39, 0.29) is 5.91 Å². The Balaban J connectivity index is 1.70. The molecule has 118 valence electrons. The number of nitrogens with two attached hydrogens (primary N) is 1. The first kappa shape index (κ1) is 15.1. The van der Waals surface area contributed by atoms with Gasteiger partial charge in [0, 0.05) is 23.9 Å². The van der Waals surface area contributed by atoms with Gasteiger partial charge in [-0.3, -0.25) is 4.79 Å². The van der Waals surface area contributed by atoms with Gasteiger partial charge >= 0.3 is 0 Å². The number of nitrogens with one attached hydrogen (secondary N) is 3. The summed E-state index contributed by atoms with van der Waals surface area (Å²) in [7, 11) is 0. The minimum atomic E-state index is -0.236. The number of hydrogen-bond acceptors (Lipinski definition) is 4. The molecule has 2 aliphatic rings. The largest absolute Gasteiger partial charge is 0.397 e. The summed E-state index contributed by atoms with van der Waals surface area (Å²) >= 11 is 0. The van der Waals surface area contributed by atoms with Gasteiger partial charge in [0.2, 0.25) is 0 Å². The van der Waals surface area contributed by atoms with Gasteiger partial charge < -0.3 is 21.8 Å². The maximum atomic E-state index is 12.4. The van der Waals surface area contributed by atoms with Gasteiger partial charge in [0.25, 0.3) is 5.91 Å². The minimum absolute atomic E-state index is 0.236. The molecule has 0 unspecified atom stereocenters. The molecule has 1 aromatic carbocycles. The molecule has 0 aromatic heterocycles. The highest BCUT2D eigenvalue weighted by Gasteiger charge is 2.20. The molecular formula is C18H20N4O. The molecule has 0 radical (unpaired) electrons. The van der Waals surface area contributed by atoms with Crippen molar-refractivity contribution in [1.29, 1.82) is 5.41 Å². The molecule has 3 rings (SSSR count). The van der Waals surface area contributed by atoms with Crippen LogP contribution < -0.4 is 16.4 Å². The van der Waals surface area contributed by atoms with Crippen LogP contribution in [0, 0.1) is 11.3 Å². The molecule has 0 heterocycles. The fourth-order valence-corrected chi connectivity index (χ4v) is 2.29. The van der Waals surface area contributed by atoms with E-state index in [1.165, 1.54) is 12.8 Å². The SMILES string of the molecule is N=C1C=CC(C(=O)Nc2ccccc2N)=C/C1=C/NCC1CC1. The van der Waals surface area contributed by atoms with Crippen molar-refractivity contribution < 1.29 is 4.79 Å². The quantitative estimate of drug-likeness (QED) is 0.630. The van der Waals surface area contributed by atoms with E-state index in [9.17, 15) is 4.79 Å². The predicted molar refractivity (Wildman–Crippen MR) is 93.2 cm³/mol. The van der Waals surface area contributed by atoms with E-state index in [0.717, 1.165) is 12.5 Å². The van der Waals surface area contributed by atoms with Gasteiger partial charge in [-0.1, -0.05) is 12.1 Å². The summed E-state index contributed by atoms with van der Waals surface area (Å²) in [5.41, 5.74) is 8.56. The maximum Gasteiger partial charge on any atom is 0.255 e. The lowest BCUT2D eigenvalue weighted by Crippen LogP contribution is -2.18. The molecule has 2 aliphatic carbocycles. The van der Waals surface area contributed by atoms with Crippen LogP contribution in [-0.2, 0) is 4.79 Å². The number of amides is 1. The smallest absolute Gasteiger partial charge is 0.255 e. The van der Waals surface area contributed by atoms with Gasteiger partial charge in [0.05, 0.1) is 17.1 Å². The van der Waals surface area contributed by atoms with Crippen molar-refractivity contribution in [2.75, 3.05) is 17.6 Å². The average Bonchev–Trinajstić information content (AvgIpc) is 3.35. The van der Waals surface area contributed by atoms with Crippen LogP contribution >= 0.6 is 0 Å². The molecule has 0 spiro atoms. The second kappa shape index (κ2) is 6.52. The Labute approximate surface area is 135 Å². The molecule has 0 atom stereocenters. The van der Waals surface area contributed by atoms with Crippen molar-refractivity contribution in [3.63, 3.8) is 0 Å². The van der Waals surface area contributed by atoms with Gasteiger partial charge in [0.15, 0.2) is 0 Å². The molecule has 1 aromatic rings. The van der Waals surface area contributed by atoms with Crippen LogP contribution in [-0.4, -0.2) is 18.2 Å². The summed E-state index contributed by atoms with van der Waals surface area (Å²) in [5, 5.41) is 14.0. The molecule has 1 amide bonds. The number of rotatable bonds is 5. The van der Waals surface area contributed by atoms with Crippen molar-refractivity contribution in [3.05, 3.63) is 59.8 Å². The van der Waals surface area contributed by atoms with E-state index in [1.54, 1.807) is 30.4 Å². The summed E-state index contributed by atoms with van der Waals surface area (Å²) in [6, 6.07) is 7.14. The third-order valence-corrected chi connectivity index (χ3v) is 3.88. The van der Waals surface area contributed by atoms with Crippen LogP contribution in [0.25, 0.3) is 0 Å². The number of para-hydroxylation sites is 2. The van der Waals surface area contributed by atoms with Crippen LogP contribution in [0.3, 0.4) is 0 Å². The fraction of sp³-hybridized carbons (Fsp3) is 0.222. The lowest BCUT2D eigenvalue weighted by molar-refractivity contribution is -0.112. The van der Waals surface area contributed by atoms with E-state index in [1.807, 2.05) is 18.3 Å². The molecule has 1 fully saturated rings. The highest BCUT2D eigenvalue weighted by molar-refractivity contribution is 6.16. The Kier molecular flexibility index (Phi) is 4.28. The van der Waals surface area contributed by atoms with Gasteiger partial charge in [-0.15, -0.1) is 0 Å². The third-order valence-electron chi connectivity index (χ3n) is 3.88. The van der Waals surface area contributed by atoms with Gasteiger partial charge in [-0.25, -0.2) is 0 Å². The Bertz CT molecular complexity index is 726. The number of nitrogen functional groups attached to an aromatic ring is 1.